The lowest BCUT2D eigenvalue weighted by atomic mass is 10.1. The van der Waals surface area contributed by atoms with Gasteiger partial charge in [0.05, 0.1) is 6.54 Å². The summed E-state index contributed by atoms with van der Waals surface area (Å²) in [6.45, 7) is 18.9. The maximum atomic E-state index is 3.50. The summed E-state index contributed by atoms with van der Waals surface area (Å²) in [5.41, 5.74) is 3.67. The van der Waals surface area contributed by atoms with Gasteiger partial charge in [-0.15, -0.1) is 5.54 Å². The Hall–Kier alpha value is -0.263. The lowest BCUT2D eigenvalue weighted by molar-refractivity contribution is 0.452. The summed E-state index contributed by atoms with van der Waals surface area (Å²) in [5, 5.41) is 3.76. The fourth-order valence-electron chi connectivity index (χ4n) is 0.762. The second-order valence-electron chi connectivity index (χ2n) is 6.78. The van der Waals surface area contributed by atoms with Crippen LogP contribution in [0.3, 0.4) is 0 Å². The van der Waals surface area contributed by atoms with Gasteiger partial charge in [-0.05, 0) is 25.8 Å². The number of hydrogen-bond donors (Lipinski definition) is 1. The Kier molecular flexibility index (Phi) is 4.63. The Morgan fingerprint density at radius 1 is 1.00 bits per heavy atom. The van der Waals surface area contributed by atoms with E-state index in [9.17, 15) is 0 Å². The average molecular weight is 225 g/mol. The largest absolute Gasteiger partial charge is 0.301 e. The normalized spacial score (nSPS) is 13.3. The Balaban J connectivity index is 4.30. The first kappa shape index (κ1) is 14.7. The lowest BCUT2D eigenvalue weighted by Crippen LogP contribution is -2.38. The van der Waals surface area contributed by atoms with Gasteiger partial charge in [0.2, 0.25) is 0 Å². The van der Waals surface area contributed by atoms with Crippen LogP contribution in [0.25, 0.3) is 0 Å². The van der Waals surface area contributed by atoms with Gasteiger partial charge in [-0.1, -0.05) is 39.8 Å². The average Bonchev–Trinajstić information content (AvgIpc) is 1.94. The number of rotatable bonds is 1. The number of nitrogens with one attached hydrogen (secondary N) is 1. The van der Waals surface area contributed by atoms with Crippen LogP contribution in [0, 0.1) is 11.5 Å². The van der Waals surface area contributed by atoms with Crippen LogP contribution < -0.4 is 5.32 Å². The Morgan fingerprint density at radius 2 is 1.47 bits per heavy atom. The van der Waals surface area contributed by atoms with E-state index in [1.54, 1.807) is 0 Å². The Morgan fingerprint density at radius 3 is 1.80 bits per heavy atom. The van der Waals surface area contributed by atoms with Crippen molar-refractivity contribution in [1.82, 2.24) is 5.32 Å². The van der Waals surface area contributed by atoms with Crippen LogP contribution >= 0.6 is 0 Å². The van der Waals surface area contributed by atoms with E-state index in [2.05, 4.69) is 71.4 Å². The zero-order chi connectivity index (χ0) is 12.3. The highest BCUT2D eigenvalue weighted by Crippen LogP contribution is 2.34. The van der Waals surface area contributed by atoms with Crippen LogP contribution in [0.15, 0.2) is 0 Å². The van der Waals surface area contributed by atoms with Gasteiger partial charge in [0.25, 0.3) is 0 Å². The van der Waals surface area contributed by atoms with Crippen LogP contribution in [0.1, 0.15) is 41.5 Å². The van der Waals surface area contributed by atoms with E-state index in [1.807, 2.05) is 0 Å². The van der Waals surface area contributed by atoms with E-state index in [4.69, 9.17) is 0 Å². The Labute approximate surface area is 97.0 Å². The van der Waals surface area contributed by atoms with Gasteiger partial charge in [-0.3, -0.25) is 0 Å². The van der Waals surface area contributed by atoms with Crippen LogP contribution in [0.5, 0.6) is 0 Å². The van der Waals surface area contributed by atoms with Crippen LogP contribution in [0.4, 0.5) is 0 Å². The molecule has 88 valence electrons. The van der Waals surface area contributed by atoms with Gasteiger partial charge in [-0.2, -0.15) is 0 Å². The minimum atomic E-state index is -1.40. The third-order valence-corrected chi connectivity index (χ3v) is 7.53. The first-order valence-corrected chi connectivity index (χ1v) is 8.71. The molecule has 15 heavy (non-hydrogen) atoms. The molecular formula is C13H27NSi. The smallest absolute Gasteiger partial charge is 0.137 e. The Bertz CT molecular complexity index is 255. The first-order valence-electron chi connectivity index (χ1n) is 5.71. The van der Waals surface area contributed by atoms with Crippen molar-refractivity contribution in [2.75, 3.05) is 6.54 Å². The van der Waals surface area contributed by atoms with E-state index < -0.39 is 8.07 Å². The second kappa shape index (κ2) is 4.72. The molecule has 0 spiro atoms. The van der Waals surface area contributed by atoms with Crippen molar-refractivity contribution in [2.45, 2.75) is 65.2 Å². The molecule has 0 saturated heterocycles. The van der Waals surface area contributed by atoms with E-state index in [-0.39, 0.29) is 5.54 Å². The van der Waals surface area contributed by atoms with Crippen molar-refractivity contribution in [3.63, 3.8) is 0 Å². The fraction of sp³-hybridized carbons (Fsp3) is 0.846. The van der Waals surface area contributed by atoms with Crippen molar-refractivity contribution in [3.8, 4) is 11.5 Å². The van der Waals surface area contributed by atoms with Crippen molar-refractivity contribution >= 4 is 8.07 Å². The minimum absolute atomic E-state index is 0.169. The van der Waals surface area contributed by atoms with Gasteiger partial charge in [0.1, 0.15) is 8.07 Å². The zero-order valence-electron chi connectivity index (χ0n) is 11.7. The summed E-state index contributed by atoms with van der Waals surface area (Å²) in [6.07, 6.45) is 0. The molecule has 0 fully saturated rings. The summed E-state index contributed by atoms with van der Waals surface area (Å²) in [7, 11) is -1.40. The van der Waals surface area contributed by atoms with Crippen LogP contribution in [-0.4, -0.2) is 20.2 Å². The van der Waals surface area contributed by atoms with Crippen molar-refractivity contribution < 1.29 is 0 Å². The predicted molar refractivity (Wildman–Crippen MR) is 72.7 cm³/mol. The maximum Gasteiger partial charge on any atom is 0.137 e. The van der Waals surface area contributed by atoms with Crippen LogP contribution in [0.2, 0.25) is 18.1 Å². The molecule has 0 bridgehead atoms. The second-order valence-corrected chi connectivity index (χ2v) is 11.8. The van der Waals surface area contributed by atoms with E-state index >= 15 is 0 Å². The van der Waals surface area contributed by atoms with Gasteiger partial charge >= 0.3 is 0 Å². The first-order chi connectivity index (χ1) is 6.46. The highest BCUT2D eigenvalue weighted by molar-refractivity contribution is 6.87. The van der Waals surface area contributed by atoms with Gasteiger partial charge in [0, 0.05) is 5.54 Å². The molecule has 0 unspecified atom stereocenters. The molecule has 0 aliphatic carbocycles. The predicted octanol–water partition coefficient (Wildman–Crippen LogP) is 3.43. The fourth-order valence-corrected chi connectivity index (χ4v) is 1.67. The quantitative estimate of drug-likeness (QED) is 0.532. The molecule has 0 aromatic carbocycles. The lowest BCUT2D eigenvalue weighted by Gasteiger charge is -2.31. The van der Waals surface area contributed by atoms with Crippen molar-refractivity contribution in [2.24, 2.45) is 0 Å². The number of hydrogen-bond acceptors (Lipinski definition) is 1. The summed E-state index contributed by atoms with van der Waals surface area (Å²) in [4.78, 5) is 0. The molecule has 0 amide bonds. The molecule has 0 atom stereocenters. The summed E-state index contributed by atoms with van der Waals surface area (Å²) < 4.78 is 0. The van der Waals surface area contributed by atoms with Crippen LogP contribution in [-0.2, 0) is 0 Å². The molecule has 0 aliphatic rings. The molecule has 0 heterocycles. The third kappa shape index (κ3) is 6.02. The molecular weight excluding hydrogens is 198 g/mol. The molecule has 0 rings (SSSR count). The van der Waals surface area contributed by atoms with E-state index in [0.717, 1.165) is 6.54 Å². The molecule has 0 radical (unpaired) electrons. The van der Waals surface area contributed by atoms with E-state index in [1.165, 1.54) is 0 Å². The monoisotopic (exact) mass is 225 g/mol. The highest BCUT2D eigenvalue weighted by Gasteiger charge is 2.33. The van der Waals surface area contributed by atoms with Gasteiger partial charge < -0.3 is 5.32 Å². The molecule has 1 N–H and O–H groups in total. The van der Waals surface area contributed by atoms with Crippen molar-refractivity contribution in [1.29, 1.82) is 0 Å². The van der Waals surface area contributed by atoms with E-state index in [0.29, 0.717) is 5.04 Å². The van der Waals surface area contributed by atoms with Gasteiger partial charge in [-0.25, -0.2) is 0 Å². The summed E-state index contributed by atoms with van der Waals surface area (Å²) in [6, 6.07) is 0. The topological polar surface area (TPSA) is 12.0 Å². The molecule has 0 aromatic rings. The molecule has 2 heteroatoms. The van der Waals surface area contributed by atoms with Crippen molar-refractivity contribution in [3.05, 3.63) is 0 Å². The standard InChI is InChI=1S/C13H27NSi/c1-12(2,3)14-10-9-11-15(7,8)13(4,5)6/h14H,10H2,1-8H3. The molecule has 1 nitrogen and oxygen atoms in total. The summed E-state index contributed by atoms with van der Waals surface area (Å²) >= 11 is 0. The minimum Gasteiger partial charge on any atom is -0.301 e. The zero-order valence-corrected chi connectivity index (χ0v) is 12.7. The molecule has 0 aromatic heterocycles. The van der Waals surface area contributed by atoms with Gasteiger partial charge in [0.15, 0.2) is 0 Å². The maximum absolute atomic E-state index is 3.50. The highest BCUT2D eigenvalue weighted by atomic mass is 28.3. The third-order valence-electron chi connectivity index (χ3n) is 2.98. The summed E-state index contributed by atoms with van der Waals surface area (Å²) in [5.74, 6) is 3.29. The molecule has 0 aliphatic heterocycles. The molecule has 0 saturated carbocycles. The SMILES string of the molecule is CC(C)(C)NCC#C[Si](C)(C)C(C)(C)C.